The molecule has 25 heavy (non-hydrogen) atoms. The Kier molecular flexibility index (Phi) is 11.4. The zero-order chi connectivity index (χ0) is 17.2. The van der Waals surface area contributed by atoms with Gasteiger partial charge in [0.1, 0.15) is 5.82 Å². The predicted octanol–water partition coefficient (Wildman–Crippen LogP) is 2.30. The van der Waals surface area contributed by atoms with Crippen molar-refractivity contribution in [3.63, 3.8) is 0 Å². The third-order valence-electron chi connectivity index (χ3n) is 3.96. The fourth-order valence-corrected chi connectivity index (χ4v) is 3.19. The fraction of sp³-hybridized carbons (Fsp3) is 0.588. The molecule has 0 amide bonds. The van der Waals surface area contributed by atoms with Crippen LogP contribution in [-0.4, -0.2) is 63.6 Å². The number of ether oxygens (including phenoxy) is 1. The molecule has 5 nitrogen and oxygen atoms in total. The maximum absolute atomic E-state index is 13.4. The summed E-state index contributed by atoms with van der Waals surface area (Å²) in [4.78, 5) is 6.63. The van der Waals surface area contributed by atoms with E-state index in [1.807, 2.05) is 12.3 Å². The first kappa shape index (κ1) is 22.5. The van der Waals surface area contributed by atoms with Gasteiger partial charge in [-0.15, -0.1) is 24.0 Å². The van der Waals surface area contributed by atoms with E-state index < -0.39 is 0 Å². The Morgan fingerprint density at radius 1 is 1.28 bits per heavy atom. The maximum Gasteiger partial charge on any atom is 0.191 e. The van der Waals surface area contributed by atoms with Crippen LogP contribution in [0.15, 0.2) is 23.2 Å². The molecule has 0 spiro atoms. The summed E-state index contributed by atoms with van der Waals surface area (Å²) in [6.45, 7) is 6.04. The monoisotopic (exact) mass is 482 g/mol. The topological polar surface area (TPSA) is 48.9 Å². The lowest BCUT2D eigenvalue weighted by Gasteiger charge is -2.26. The van der Waals surface area contributed by atoms with Gasteiger partial charge in [0.25, 0.3) is 0 Å². The SMILES string of the molecule is CN=C(NCCN1CCOCC1)NCc1ccc(F)cc1CSC.I. The second kappa shape index (κ2) is 12.7. The van der Waals surface area contributed by atoms with Crippen molar-refractivity contribution in [3.05, 3.63) is 35.1 Å². The van der Waals surface area contributed by atoms with Crippen molar-refractivity contribution in [2.24, 2.45) is 4.99 Å². The van der Waals surface area contributed by atoms with E-state index in [9.17, 15) is 4.39 Å². The van der Waals surface area contributed by atoms with E-state index in [2.05, 4.69) is 20.5 Å². The summed E-state index contributed by atoms with van der Waals surface area (Å²) < 4.78 is 18.7. The van der Waals surface area contributed by atoms with Crippen molar-refractivity contribution in [1.29, 1.82) is 0 Å². The fourth-order valence-electron chi connectivity index (χ4n) is 2.61. The summed E-state index contributed by atoms with van der Waals surface area (Å²) in [5, 5.41) is 6.63. The minimum atomic E-state index is -0.184. The summed E-state index contributed by atoms with van der Waals surface area (Å²) in [6, 6.07) is 4.96. The van der Waals surface area contributed by atoms with E-state index in [1.165, 1.54) is 6.07 Å². The molecule has 0 bridgehead atoms. The van der Waals surface area contributed by atoms with Crippen molar-refractivity contribution >= 4 is 41.7 Å². The van der Waals surface area contributed by atoms with Crippen LogP contribution in [0.2, 0.25) is 0 Å². The van der Waals surface area contributed by atoms with E-state index in [-0.39, 0.29) is 29.8 Å². The molecule has 1 saturated heterocycles. The van der Waals surface area contributed by atoms with E-state index >= 15 is 0 Å². The standard InChI is InChI=1S/C17H27FN4OS.HI/c1-19-17(20-5-6-22-7-9-23-10-8-22)21-12-14-3-4-16(18)11-15(14)13-24-2;/h3-4,11H,5-10,12-13H2,1-2H3,(H2,19,20,21);1H. The Labute approximate surface area is 171 Å². The summed E-state index contributed by atoms with van der Waals surface area (Å²) in [5.41, 5.74) is 2.13. The number of hydrogen-bond donors (Lipinski definition) is 2. The molecule has 1 aliphatic heterocycles. The van der Waals surface area contributed by atoms with E-state index in [0.717, 1.165) is 62.2 Å². The number of halogens is 2. The van der Waals surface area contributed by atoms with Gasteiger partial charge in [0.05, 0.1) is 13.2 Å². The smallest absolute Gasteiger partial charge is 0.191 e. The van der Waals surface area contributed by atoms with Crippen LogP contribution in [0.1, 0.15) is 11.1 Å². The number of benzene rings is 1. The van der Waals surface area contributed by atoms with Crippen LogP contribution in [0.25, 0.3) is 0 Å². The minimum Gasteiger partial charge on any atom is -0.379 e. The number of thioether (sulfide) groups is 1. The van der Waals surface area contributed by atoms with Crippen LogP contribution < -0.4 is 10.6 Å². The molecular weight excluding hydrogens is 454 g/mol. The van der Waals surface area contributed by atoms with Gasteiger partial charge in [0.15, 0.2) is 5.96 Å². The molecule has 0 atom stereocenters. The highest BCUT2D eigenvalue weighted by Crippen LogP contribution is 2.16. The zero-order valence-corrected chi connectivity index (χ0v) is 18.0. The van der Waals surface area contributed by atoms with Crippen molar-refractivity contribution in [1.82, 2.24) is 15.5 Å². The van der Waals surface area contributed by atoms with E-state index in [1.54, 1.807) is 24.9 Å². The van der Waals surface area contributed by atoms with Crippen molar-refractivity contribution in [3.8, 4) is 0 Å². The lowest BCUT2D eigenvalue weighted by Crippen LogP contribution is -2.44. The molecule has 1 aliphatic rings. The average Bonchev–Trinajstić information content (AvgIpc) is 2.60. The Morgan fingerprint density at radius 3 is 2.72 bits per heavy atom. The van der Waals surface area contributed by atoms with Crippen molar-refractivity contribution in [2.45, 2.75) is 12.3 Å². The molecule has 0 aliphatic carbocycles. The summed E-state index contributed by atoms with van der Waals surface area (Å²) >= 11 is 1.69. The Balaban J connectivity index is 0.00000312. The van der Waals surface area contributed by atoms with Gasteiger partial charge in [-0.3, -0.25) is 9.89 Å². The molecule has 1 aromatic carbocycles. The van der Waals surface area contributed by atoms with Crippen molar-refractivity contribution < 1.29 is 9.13 Å². The predicted molar refractivity (Wildman–Crippen MR) is 114 cm³/mol. The molecule has 1 heterocycles. The second-order valence-electron chi connectivity index (χ2n) is 5.65. The first-order chi connectivity index (χ1) is 11.7. The minimum absolute atomic E-state index is 0. The number of aliphatic imine (C=N–C) groups is 1. The summed E-state index contributed by atoms with van der Waals surface area (Å²) in [7, 11) is 1.76. The van der Waals surface area contributed by atoms with Crippen LogP contribution in [0, 0.1) is 5.82 Å². The molecule has 1 fully saturated rings. The lowest BCUT2D eigenvalue weighted by atomic mass is 10.1. The highest BCUT2D eigenvalue weighted by Gasteiger charge is 2.10. The largest absolute Gasteiger partial charge is 0.379 e. The normalized spacial score (nSPS) is 15.6. The first-order valence-corrected chi connectivity index (χ1v) is 9.63. The molecule has 1 aromatic rings. The van der Waals surface area contributed by atoms with Crippen LogP contribution in [0.5, 0.6) is 0 Å². The van der Waals surface area contributed by atoms with Crippen LogP contribution in [0.4, 0.5) is 4.39 Å². The van der Waals surface area contributed by atoms with Gasteiger partial charge in [-0.25, -0.2) is 4.39 Å². The lowest BCUT2D eigenvalue weighted by molar-refractivity contribution is 0.0389. The van der Waals surface area contributed by atoms with Crippen LogP contribution in [-0.2, 0) is 17.0 Å². The van der Waals surface area contributed by atoms with Gasteiger partial charge < -0.3 is 15.4 Å². The number of nitrogens with one attached hydrogen (secondary N) is 2. The Bertz CT molecular complexity index is 541. The van der Waals surface area contributed by atoms with Gasteiger partial charge in [0.2, 0.25) is 0 Å². The van der Waals surface area contributed by atoms with E-state index in [0.29, 0.717) is 6.54 Å². The molecule has 8 heteroatoms. The number of nitrogens with zero attached hydrogens (tertiary/aromatic N) is 2. The highest BCUT2D eigenvalue weighted by molar-refractivity contribution is 14.0. The molecule has 0 radical (unpaired) electrons. The second-order valence-corrected chi connectivity index (χ2v) is 6.52. The number of morpholine rings is 1. The maximum atomic E-state index is 13.4. The number of rotatable bonds is 7. The van der Waals surface area contributed by atoms with Crippen LogP contribution in [0.3, 0.4) is 0 Å². The quantitative estimate of drug-likeness (QED) is 0.355. The van der Waals surface area contributed by atoms with Gasteiger partial charge in [0, 0.05) is 45.5 Å². The van der Waals surface area contributed by atoms with Gasteiger partial charge in [-0.05, 0) is 29.5 Å². The summed E-state index contributed by atoms with van der Waals surface area (Å²) in [6.07, 6.45) is 2.02. The molecule has 2 N–H and O–H groups in total. The molecular formula is C17H28FIN4OS. The first-order valence-electron chi connectivity index (χ1n) is 8.24. The number of guanidine groups is 1. The highest BCUT2D eigenvalue weighted by atomic mass is 127. The molecule has 0 saturated carbocycles. The van der Waals surface area contributed by atoms with Crippen LogP contribution >= 0.6 is 35.7 Å². The van der Waals surface area contributed by atoms with Gasteiger partial charge >= 0.3 is 0 Å². The molecule has 142 valence electrons. The Morgan fingerprint density at radius 2 is 2.04 bits per heavy atom. The molecule has 0 unspecified atom stereocenters. The third-order valence-corrected chi connectivity index (χ3v) is 4.56. The van der Waals surface area contributed by atoms with Gasteiger partial charge in [-0.2, -0.15) is 11.8 Å². The Hall–Kier alpha value is -0.580. The zero-order valence-electron chi connectivity index (χ0n) is 14.9. The third kappa shape index (κ3) is 8.10. The summed E-state index contributed by atoms with van der Waals surface area (Å²) in [5.74, 6) is 1.39. The van der Waals surface area contributed by atoms with E-state index in [4.69, 9.17) is 4.74 Å². The molecule has 0 aromatic heterocycles. The number of hydrogen-bond acceptors (Lipinski definition) is 4. The average molecular weight is 482 g/mol. The molecule has 2 rings (SSSR count). The van der Waals surface area contributed by atoms with Crippen molar-refractivity contribution in [2.75, 3.05) is 52.7 Å². The van der Waals surface area contributed by atoms with Gasteiger partial charge in [-0.1, -0.05) is 6.07 Å².